The van der Waals surface area contributed by atoms with Crippen LogP contribution >= 0.6 is 0 Å². The maximum absolute atomic E-state index is 12.7. The molecule has 4 rings (SSSR count). The summed E-state index contributed by atoms with van der Waals surface area (Å²) in [5.41, 5.74) is 0.463. The van der Waals surface area contributed by atoms with Gasteiger partial charge >= 0.3 is 5.97 Å². The molecule has 2 fully saturated rings. The average molecular weight is 641 g/mol. The van der Waals surface area contributed by atoms with Crippen LogP contribution in [0.2, 0.25) is 0 Å². The number of aromatic hydroxyl groups is 4. The molecule has 0 aliphatic carbocycles. The van der Waals surface area contributed by atoms with E-state index in [9.17, 15) is 55.9 Å². The third-order valence-electron chi connectivity index (χ3n) is 7.34. The monoisotopic (exact) mass is 640 g/mol. The third-order valence-corrected chi connectivity index (χ3v) is 7.34. The highest BCUT2D eigenvalue weighted by molar-refractivity contribution is 5.87. The molecular formula is C29H36O16. The molecule has 0 aromatic heterocycles. The first-order chi connectivity index (χ1) is 21.3. The molecule has 0 saturated carbocycles. The molecule has 45 heavy (non-hydrogen) atoms. The van der Waals surface area contributed by atoms with Crippen molar-refractivity contribution in [1.82, 2.24) is 0 Å². The Bertz CT molecular complexity index is 1340. The van der Waals surface area contributed by atoms with Crippen molar-refractivity contribution in [1.29, 1.82) is 0 Å². The second-order valence-corrected chi connectivity index (χ2v) is 10.6. The lowest BCUT2D eigenvalue weighted by molar-refractivity contribution is -0.330. The van der Waals surface area contributed by atoms with Gasteiger partial charge in [0.25, 0.3) is 0 Å². The van der Waals surface area contributed by atoms with Crippen LogP contribution in [0.4, 0.5) is 0 Å². The number of phenols is 4. The zero-order chi connectivity index (χ0) is 33.0. The van der Waals surface area contributed by atoms with Gasteiger partial charge < -0.3 is 74.7 Å². The molecule has 2 aromatic carbocycles. The Balaban J connectivity index is 1.48. The SMILES string of the molecule is C[C@@H]1O[C@@H](OC[C@H]2O[C@@H](OC[C@H](O)c3ccc(O)c(O)c3)[C@H](O)[C@@H](O)[C@@H]2OC(=O)C=Cc2ccc(O)c(O)c2)[C@H](O)[C@H](O)[C@H]1O. The molecule has 2 heterocycles. The molecular weight excluding hydrogens is 604 g/mol. The summed E-state index contributed by atoms with van der Waals surface area (Å²) in [4.78, 5) is 12.7. The van der Waals surface area contributed by atoms with Crippen LogP contribution in [0.1, 0.15) is 24.2 Å². The Morgan fingerprint density at radius 2 is 1.42 bits per heavy atom. The van der Waals surface area contributed by atoms with Crippen LogP contribution in [0.5, 0.6) is 23.0 Å². The highest BCUT2D eigenvalue weighted by atomic mass is 16.7. The highest BCUT2D eigenvalue weighted by Crippen LogP contribution is 2.31. The van der Waals surface area contributed by atoms with E-state index in [-0.39, 0.29) is 11.3 Å². The van der Waals surface area contributed by atoms with Crippen LogP contribution in [0, 0.1) is 0 Å². The lowest BCUT2D eigenvalue weighted by atomic mass is 9.98. The number of aliphatic hydroxyl groups excluding tert-OH is 6. The number of ether oxygens (including phenoxy) is 5. The smallest absolute Gasteiger partial charge is 0.331 e. The van der Waals surface area contributed by atoms with E-state index in [1.54, 1.807) is 0 Å². The normalized spacial score (nSPS) is 32.8. The number of phenolic OH excluding ortho intramolecular Hbond substituents is 4. The molecule has 10 N–H and O–H groups in total. The van der Waals surface area contributed by atoms with Crippen molar-refractivity contribution >= 4 is 12.0 Å². The Morgan fingerprint density at radius 1 is 0.800 bits per heavy atom. The minimum absolute atomic E-state index is 0.148. The van der Waals surface area contributed by atoms with Crippen molar-refractivity contribution in [3.05, 3.63) is 53.6 Å². The van der Waals surface area contributed by atoms with Crippen LogP contribution in [0.15, 0.2) is 42.5 Å². The predicted molar refractivity (Wildman–Crippen MR) is 148 cm³/mol. The molecule has 0 radical (unpaired) electrons. The van der Waals surface area contributed by atoms with E-state index in [1.807, 2.05) is 0 Å². The van der Waals surface area contributed by atoms with Gasteiger partial charge in [-0.05, 0) is 48.4 Å². The fourth-order valence-electron chi connectivity index (χ4n) is 4.68. The van der Waals surface area contributed by atoms with E-state index in [0.717, 1.165) is 18.2 Å². The Kier molecular flexibility index (Phi) is 11.2. The number of aliphatic hydroxyl groups is 6. The molecule has 16 heteroatoms. The zero-order valence-electron chi connectivity index (χ0n) is 23.8. The van der Waals surface area contributed by atoms with Gasteiger partial charge in [-0.25, -0.2) is 4.79 Å². The van der Waals surface area contributed by atoms with E-state index < -0.39 is 104 Å². The number of rotatable bonds is 10. The zero-order valence-corrected chi connectivity index (χ0v) is 23.8. The number of carbonyl (C=O) groups excluding carboxylic acids is 1. The summed E-state index contributed by atoms with van der Waals surface area (Å²) >= 11 is 0. The molecule has 2 aliphatic rings. The molecule has 248 valence electrons. The van der Waals surface area contributed by atoms with E-state index in [0.29, 0.717) is 5.56 Å². The summed E-state index contributed by atoms with van der Waals surface area (Å²) in [6.45, 7) is 0.342. The number of hydrogen-bond acceptors (Lipinski definition) is 16. The Hall–Kier alpha value is -3.55. The lowest BCUT2D eigenvalue weighted by Gasteiger charge is -2.43. The van der Waals surface area contributed by atoms with Crippen LogP contribution in [0.25, 0.3) is 6.08 Å². The first-order valence-electron chi connectivity index (χ1n) is 13.8. The molecule has 16 nitrogen and oxygen atoms in total. The first kappa shape index (κ1) is 34.3. The van der Waals surface area contributed by atoms with Crippen molar-refractivity contribution in [3.63, 3.8) is 0 Å². The predicted octanol–water partition coefficient (Wildman–Crippen LogP) is -1.53. The standard InChI is InChI=1S/C29H36O16/c1-12-22(36)23(37)25(39)28(43-12)42-11-20-27(45-21(35)7-3-13-2-5-15(30)17(32)8-13)24(38)26(40)29(44-20)41-10-19(34)14-4-6-16(31)18(33)9-14/h2-9,12,19-20,22-34,36-40H,10-11H2,1H3/t12-,19-,20+,22-,23+,24+,25+,26+,27+,28+,29+/m0/s1. The van der Waals surface area contributed by atoms with Gasteiger partial charge in [-0.2, -0.15) is 0 Å². The molecule has 2 aliphatic heterocycles. The van der Waals surface area contributed by atoms with Crippen molar-refractivity contribution < 1.29 is 79.5 Å². The van der Waals surface area contributed by atoms with E-state index in [1.165, 1.54) is 37.3 Å². The van der Waals surface area contributed by atoms with Crippen LogP contribution < -0.4 is 0 Å². The molecule has 0 spiro atoms. The van der Waals surface area contributed by atoms with Gasteiger partial charge in [0.2, 0.25) is 0 Å². The lowest BCUT2D eigenvalue weighted by Crippen LogP contribution is -2.62. The first-order valence-corrected chi connectivity index (χ1v) is 13.8. The van der Waals surface area contributed by atoms with Gasteiger partial charge in [0, 0.05) is 6.08 Å². The van der Waals surface area contributed by atoms with E-state index in [4.69, 9.17) is 23.7 Å². The molecule has 0 bridgehead atoms. The summed E-state index contributed by atoms with van der Waals surface area (Å²) in [6, 6.07) is 7.33. The summed E-state index contributed by atoms with van der Waals surface area (Å²) in [6.07, 6.45) is -14.6. The summed E-state index contributed by atoms with van der Waals surface area (Å²) in [5.74, 6) is -2.73. The van der Waals surface area contributed by atoms with Gasteiger partial charge in [-0.1, -0.05) is 12.1 Å². The Labute approximate surface area is 256 Å². The molecule has 2 saturated heterocycles. The van der Waals surface area contributed by atoms with Crippen molar-refractivity contribution in [3.8, 4) is 23.0 Å². The van der Waals surface area contributed by atoms with Gasteiger partial charge in [0.05, 0.1) is 19.3 Å². The van der Waals surface area contributed by atoms with Crippen LogP contribution in [0.3, 0.4) is 0 Å². The second-order valence-electron chi connectivity index (χ2n) is 10.6. The van der Waals surface area contributed by atoms with Crippen LogP contribution in [-0.4, -0.2) is 132 Å². The second kappa shape index (κ2) is 14.7. The minimum Gasteiger partial charge on any atom is -0.504 e. The fourth-order valence-corrected chi connectivity index (χ4v) is 4.68. The van der Waals surface area contributed by atoms with Crippen molar-refractivity contribution in [2.75, 3.05) is 13.2 Å². The summed E-state index contributed by atoms with van der Waals surface area (Å²) in [7, 11) is 0. The minimum atomic E-state index is -1.84. The number of carbonyl (C=O) groups is 1. The Morgan fingerprint density at radius 3 is 2.09 bits per heavy atom. The quantitative estimate of drug-likeness (QED) is 0.0802. The maximum Gasteiger partial charge on any atom is 0.331 e. The van der Waals surface area contributed by atoms with E-state index >= 15 is 0 Å². The van der Waals surface area contributed by atoms with Gasteiger partial charge in [-0.3, -0.25) is 0 Å². The third kappa shape index (κ3) is 8.19. The molecule has 2 aromatic rings. The van der Waals surface area contributed by atoms with Gasteiger partial charge in [0.1, 0.15) is 42.7 Å². The highest BCUT2D eigenvalue weighted by Gasteiger charge is 2.49. The fraction of sp³-hybridized carbons (Fsp3) is 0.483. The number of benzene rings is 2. The molecule has 0 unspecified atom stereocenters. The average Bonchev–Trinajstić information content (AvgIpc) is 3.01. The topological polar surface area (TPSA) is 266 Å². The van der Waals surface area contributed by atoms with Crippen LogP contribution in [-0.2, 0) is 28.5 Å². The summed E-state index contributed by atoms with van der Waals surface area (Å²) in [5, 5.41) is 101. The number of esters is 1. The largest absolute Gasteiger partial charge is 0.504 e. The van der Waals surface area contributed by atoms with Gasteiger partial charge in [0.15, 0.2) is 41.7 Å². The van der Waals surface area contributed by atoms with Gasteiger partial charge in [-0.15, -0.1) is 0 Å². The van der Waals surface area contributed by atoms with Crippen molar-refractivity contribution in [2.45, 2.75) is 74.4 Å². The molecule has 0 amide bonds. The van der Waals surface area contributed by atoms with E-state index in [2.05, 4.69) is 0 Å². The van der Waals surface area contributed by atoms with Crippen molar-refractivity contribution in [2.24, 2.45) is 0 Å². The number of hydrogen-bond donors (Lipinski definition) is 10. The summed E-state index contributed by atoms with van der Waals surface area (Å²) < 4.78 is 27.5. The molecule has 11 atom stereocenters. The maximum atomic E-state index is 12.7.